The van der Waals surface area contributed by atoms with Crippen LogP contribution in [0.25, 0.3) is 22.0 Å². The van der Waals surface area contributed by atoms with Gasteiger partial charge in [-0.2, -0.15) is 0 Å². The number of amidine groups is 1. The van der Waals surface area contributed by atoms with E-state index in [0.717, 1.165) is 17.2 Å². The highest BCUT2D eigenvalue weighted by Gasteiger charge is 2.25. The molecule has 168 valence electrons. The van der Waals surface area contributed by atoms with Gasteiger partial charge >= 0.3 is 0 Å². The molecule has 0 amide bonds. The van der Waals surface area contributed by atoms with E-state index in [2.05, 4.69) is 27.6 Å². The minimum Gasteiger partial charge on any atom is -0.393 e. The minimum atomic E-state index is -0.637. The van der Waals surface area contributed by atoms with Crippen molar-refractivity contribution in [3.05, 3.63) is 59.5 Å². The zero-order chi connectivity index (χ0) is 23.4. The minimum absolute atomic E-state index is 0.00665. The predicted octanol–water partition coefficient (Wildman–Crippen LogP) is 3.90. The number of hydrogen-bond donors (Lipinski definition) is 2. The van der Waals surface area contributed by atoms with Crippen molar-refractivity contribution in [2.75, 3.05) is 19.8 Å². The van der Waals surface area contributed by atoms with Crippen LogP contribution >= 0.6 is 0 Å². The lowest BCUT2D eigenvalue weighted by Gasteiger charge is -2.25. The molecule has 1 fully saturated rings. The molecule has 1 saturated heterocycles. The summed E-state index contributed by atoms with van der Waals surface area (Å²) in [5, 5.41) is 21.2. The summed E-state index contributed by atoms with van der Waals surface area (Å²) in [4.78, 5) is 14.6. The second-order valence-electron chi connectivity index (χ2n) is 7.89. The number of likely N-dealkylation sites (tertiary alicyclic amines) is 1. The van der Waals surface area contributed by atoms with Crippen LogP contribution < -0.4 is 0 Å². The molecule has 1 aliphatic heterocycles. The fourth-order valence-electron chi connectivity index (χ4n) is 4.35. The summed E-state index contributed by atoms with van der Waals surface area (Å²) in [5.74, 6) is 2.41. The fraction of sp³-hybridized carbons (Fsp3) is 0.269. The summed E-state index contributed by atoms with van der Waals surface area (Å²) < 4.78 is 15.9. The van der Waals surface area contributed by atoms with Crippen LogP contribution in [0.3, 0.4) is 0 Å². The van der Waals surface area contributed by atoms with E-state index in [1.54, 1.807) is 6.07 Å². The first kappa shape index (κ1) is 22.6. The lowest BCUT2D eigenvalue weighted by molar-refractivity contribution is 0.159. The quantitative estimate of drug-likeness (QED) is 0.363. The van der Waals surface area contributed by atoms with E-state index in [1.807, 2.05) is 35.2 Å². The molecule has 1 aliphatic rings. The molecule has 0 aliphatic carbocycles. The first-order valence-electron chi connectivity index (χ1n) is 10.8. The van der Waals surface area contributed by atoms with Gasteiger partial charge in [-0.25, -0.2) is 9.38 Å². The molecule has 2 heterocycles. The van der Waals surface area contributed by atoms with Crippen LogP contribution in [0.2, 0.25) is 0 Å². The number of aliphatic imine (C=N–C) groups is 2. The third-order valence-electron chi connectivity index (χ3n) is 5.93. The number of hydrogen-bond acceptors (Lipinski definition) is 5. The first-order chi connectivity index (χ1) is 16.1. The molecule has 7 heteroatoms. The molecular formula is C26H25FN4O2. The Hall–Kier alpha value is -3.60. The SMILES string of the molecule is C#Cc1cccc2cccc(-c3ncc(/C(=N\CO)N4CCCC(O)CC4)c(N=C)c3F)c12. The van der Waals surface area contributed by atoms with Crippen molar-refractivity contribution in [1.82, 2.24) is 9.88 Å². The van der Waals surface area contributed by atoms with E-state index in [9.17, 15) is 10.2 Å². The van der Waals surface area contributed by atoms with E-state index in [1.165, 1.54) is 6.20 Å². The number of benzene rings is 2. The van der Waals surface area contributed by atoms with Crippen molar-refractivity contribution in [2.45, 2.75) is 25.4 Å². The zero-order valence-corrected chi connectivity index (χ0v) is 18.2. The van der Waals surface area contributed by atoms with Gasteiger partial charge in [-0.15, -0.1) is 6.42 Å². The van der Waals surface area contributed by atoms with Crippen LogP contribution in [0.5, 0.6) is 0 Å². The van der Waals surface area contributed by atoms with Gasteiger partial charge in [0.25, 0.3) is 0 Å². The van der Waals surface area contributed by atoms with Crippen molar-refractivity contribution in [3.8, 4) is 23.6 Å². The number of halogens is 1. The standard InChI is InChI=1S/C26H25FN4O2/c1-3-17-7-4-8-18-9-5-11-20(22(17)18)25-23(27)24(28-2)21(15-29-25)26(30-16-32)31-13-6-10-19(33)12-14-31/h1,4-5,7-9,11,15,19,32-33H,2,6,10,12-14,16H2/b30-26+. The molecule has 2 aromatic carbocycles. The molecule has 2 N–H and O–H groups in total. The number of pyridine rings is 1. The van der Waals surface area contributed by atoms with E-state index < -0.39 is 18.7 Å². The third kappa shape index (κ3) is 4.36. The molecular weight excluding hydrogens is 419 g/mol. The van der Waals surface area contributed by atoms with E-state index in [0.29, 0.717) is 48.5 Å². The van der Waals surface area contributed by atoms with Crippen molar-refractivity contribution in [2.24, 2.45) is 9.98 Å². The summed E-state index contributed by atoms with van der Waals surface area (Å²) >= 11 is 0. The number of fused-ring (bicyclic) bond motifs is 1. The van der Waals surface area contributed by atoms with Crippen molar-refractivity contribution in [3.63, 3.8) is 0 Å². The van der Waals surface area contributed by atoms with Gasteiger partial charge in [0.05, 0.1) is 11.7 Å². The largest absolute Gasteiger partial charge is 0.393 e. The van der Waals surface area contributed by atoms with Crippen LogP contribution in [0.4, 0.5) is 10.1 Å². The van der Waals surface area contributed by atoms with Gasteiger partial charge in [0.2, 0.25) is 0 Å². The molecule has 1 atom stereocenters. The molecule has 3 aromatic rings. The normalized spacial score (nSPS) is 17.0. The van der Waals surface area contributed by atoms with Gasteiger partial charge in [-0.1, -0.05) is 36.3 Å². The zero-order valence-electron chi connectivity index (χ0n) is 18.2. The second-order valence-corrected chi connectivity index (χ2v) is 7.89. The monoisotopic (exact) mass is 444 g/mol. The Bertz CT molecular complexity index is 1260. The fourth-order valence-corrected chi connectivity index (χ4v) is 4.35. The van der Waals surface area contributed by atoms with Crippen LogP contribution in [0, 0.1) is 18.2 Å². The Balaban J connectivity index is 1.87. The molecule has 33 heavy (non-hydrogen) atoms. The average Bonchev–Trinajstić information content (AvgIpc) is 3.06. The van der Waals surface area contributed by atoms with Crippen molar-refractivity contribution < 1.29 is 14.6 Å². The van der Waals surface area contributed by atoms with Crippen LogP contribution in [0.15, 0.2) is 52.6 Å². The van der Waals surface area contributed by atoms with Crippen molar-refractivity contribution >= 4 is 29.0 Å². The number of terminal acetylenes is 1. The maximum Gasteiger partial charge on any atom is 0.175 e. The summed E-state index contributed by atoms with van der Waals surface area (Å²) in [6, 6.07) is 11.1. The smallest absolute Gasteiger partial charge is 0.175 e. The van der Waals surface area contributed by atoms with E-state index in [-0.39, 0.29) is 11.4 Å². The van der Waals surface area contributed by atoms with Crippen LogP contribution in [-0.2, 0) is 0 Å². The maximum atomic E-state index is 15.9. The molecule has 4 rings (SSSR count). The number of nitrogens with zero attached hydrogens (tertiary/aromatic N) is 4. The van der Waals surface area contributed by atoms with Gasteiger partial charge in [0, 0.05) is 35.8 Å². The third-order valence-corrected chi connectivity index (χ3v) is 5.93. The highest BCUT2D eigenvalue weighted by Crippen LogP contribution is 2.36. The van der Waals surface area contributed by atoms with Gasteiger partial charge in [-0.3, -0.25) is 9.98 Å². The Morgan fingerprint density at radius 2 is 2.03 bits per heavy atom. The highest BCUT2D eigenvalue weighted by molar-refractivity contribution is 6.05. The van der Waals surface area contributed by atoms with Gasteiger partial charge in [0.15, 0.2) is 5.82 Å². The predicted molar refractivity (Wildman–Crippen MR) is 129 cm³/mol. The summed E-state index contributed by atoms with van der Waals surface area (Å²) in [7, 11) is 0. The summed E-state index contributed by atoms with van der Waals surface area (Å²) in [6.07, 6.45) is 8.81. The lowest BCUT2D eigenvalue weighted by Crippen LogP contribution is -2.33. The maximum absolute atomic E-state index is 15.9. The van der Waals surface area contributed by atoms with Crippen LogP contribution in [0.1, 0.15) is 30.4 Å². The lowest BCUT2D eigenvalue weighted by atomic mass is 9.96. The highest BCUT2D eigenvalue weighted by atomic mass is 19.1. The molecule has 0 bridgehead atoms. The number of aromatic nitrogens is 1. The Labute approximate surface area is 192 Å². The summed E-state index contributed by atoms with van der Waals surface area (Å²) in [6.45, 7) is 4.24. The van der Waals surface area contributed by atoms with E-state index >= 15 is 4.39 Å². The van der Waals surface area contributed by atoms with Gasteiger partial charge in [-0.05, 0) is 37.4 Å². The molecule has 0 saturated carbocycles. The molecule has 0 radical (unpaired) electrons. The Morgan fingerprint density at radius 1 is 1.24 bits per heavy atom. The summed E-state index contributed by atoms with van der Waals surface area (Å²) in [5.41, 5.74) is 1.67. The number of aliphatic hydroxyl groups excluding tert-OH is 2. The first-order valence-corrected chi connectivity index (χ1v) is 10.8. The average molecular weight is 445 g/mol. The molecule has 1 aromatic heterocycles. The number of rotatable bonds is 4. The van der Waals surface area contributed by atoms with Crippen molar-refractivity contribution in [1.29, 1.82) is 0 Å². The van der Waals surface area contributed by atoms with Gasteiger partial charge in [0.1, 0.15) is 23.9 Å². The Morgan fingerprint density at radius 3 is 2.76 bits per heavy atom. The van der Waals surface area contributed by atoms with Crippen LogP contribution in [-0.4, -0.2) is 58.6 Å². The molecule has 6 nitrogen and oxygen atoms in total. The van der Waals surface area contributed by atoms with Gasteiger partial charge < -0.3 is 15.1 Å². The number of aliphatic hydroxyl groups is 2. The second kappa shape index (κ2) is 9.90. The molecule has 1 unspecified atom stereocenters. The topological polar surface area (TPSA) is 81.3 Å². The molecule has 0 spiro atoms. The Kier molecular flexibility index (Phi) is 6.78. The van der Waals surface area contributed by atoms with E-state index in [4.69, 9.17) is 6.42 Å².